The van der Waals surface area contributed by atoms with Crippen LogP contribution in [0.15, 0.2) is 35.1 Å². The van der Waals surface area contributed by atoms with E-state index < -0.39 is 0 Å². The number of rotatable bonds is 8. The summed E-state index contributed by atoms with van der Waals surface area (Å²) in [5.41, 5.74) is 1.87. The second-order valence-electron chi connectivity index (χ2n) is 6.46. The van der Waals surface area contributed by atoms with Gasteiger partial charge in [0.1, 0.15) is 5.69 Å². The van der Waals surface area contributed by atoms with Crippen molar-refractivity contribution in [3.63, 3.8) is 0 Å². The number of nitrogens with zero attached hydrogens (tertiary/aromatic N) is 3. The minimum absolute atomic E-state index is 0. The van der Waals surface area contributed by atoms with Crippen molar-refractivity contribution < 1.29 is 9.21 Å². The van der Waals surface area contributed by atoms with E-state index in [1.807, 2.05) is 24.6 Å². The predicted molar refractivity (Wildman–Crippen MR) is 116 cm³/mol. The number of halogens is 2. The Labute approximate surface area is 177 Å². The van der Waals surface area contributed by atoms with E-state index in [9.17, 15) is 4.79 Å². The van der Waals surface area contributed by atoms with Crippen molar-refractivity contribution in [2.24, 2.45) is 0 Å². The van der Waals surface area contributed by atoms with Crippen LogP contribution in [0, 0.1) is 0 Å². The van der Waals surface area contributed by atoms with Crippen molar-refractivity contribution >= 4 is 41.8 Å². The van der Waals surface area contributed by atoms with E-state index in [1.165, 1.54) is 0 Å². The van der Waals surface area contributed by atoms with Crippen molar-refractivity contribution in [1.29, 1.82) is 0 Å². The van der Waals surface area contributed by atoms with Crippen LogP contribution in [0.1, 0.15) is 43.6 Å². The zero-order chi connectivity index (χ0) is 18.5. The number of nitrogens with one attached hydrogen (secondary N) is 2. The van der Waals surface area contributed by atoms with Crippen LogP contribution >= 0.6 is 24.8 Å². The summed E-state index contributed by atoms with van der Waals surface area (Å²) in [6.45, 7) is 8.43. The molecule has 1 amide bonds. The highest BCUT2D eigenvalue weighted by Gasteiger charge is 2.19. The number of furan rings is 1. The first-order chi connectivity index (χ1) is 12.6. The van der Waals surface area contributed by atoms with Crippen molar-refractivity contribution in [3.05, 3.63) is 36.2 Å². The highest BCUT2D eigenvalue weighted by molar-refractivity contribution is 6.06. The minimum Gasteiger partial charge on any atom is -0.463 e. The lowest BCUT2D eigenvalue weighted by atomic mass is 10.1. The summed E-state index contributed by atoms with van der Waals surface area (Å²) in [6, 6.07) is 5.55. The second kappa shape index (κ2) is 11.0. The Balaban J connectivity index is 0.00000196. The molecule has 0 fully saturated rings. The molecule has 3 heterocycles. The SMILES string of the molecule is CCCNCCNC(=O)c1cc(-c2ccco2)nc2c1cnn2C(C)C.Cl.Cl. The van der Waals surface area contributed by atoms with Gasteiger partial charge in [-0.3, -0.25) is 4.79 Å². The third kappa shape index (κ3) is 5.25. The molecular weight excluding hydrogens is 401 g/mol. The van der Waals surface area contributed by atoms with Gasteiger partial charge in [0.25, 0.3) is 5.91 Å². The van der Waals surface area contributed by atoms with E-state index in [0.717, 1.165) is 24.9 Å². The van der Waals surface area contributed by atoms with Crippen molar-refractivity contribution in [1.82, 2.24) is 25.4 Å². The molecule has 0 atom stereocenters. The topological polar surface area (TPSA) is 85.0 Å². The molecule has 3 rings (SSSR count). The maximum atomic E-state index is 12.8. The van der Waals surface area contributed by atoms with Gasteiger partial charge in [-0.25, -0.2) is 9.67 Å². The van der Waals surface area contributed by atoms with Gasteiger partial charge in [-0.15, -0.1) is 24.8 Å². The fourth-order valence-corrected chi connectivity index (χ4v) is 2.80. The molecule has 0 aliphatic carbocycles. The molecule has 0 aromatic carbocycles. The fourth-order valence-electron chi connectivity index (χ4n) is 2.80. The molecule has 3 aromatic heterocycles. The molecule has 28 heavy (non-hydrogen) atoms. The summed E-state index contributed by atoms with van der Waals surface area (Å²) >= 11 is 0. The lowest BCUT2D eigenvalue weighted by molar-refractivity contribution is 0.0955. The Bertz CT molecular complexity index is 878. The van der Waals surface area contributed by atoms with E-state index in [1.54, 1.807) is 24.6 Å². The average Bonchev–Trinajstić information content (AvgIpc) is 3.29. The van der Waals surface area contributed by atoms with Gasteiger partial charge in [0.2, 0.25) is 0 Å². The monoisotopic (exact) mass is 427 g/mol. The normalized spacial score (nSPS) is 10.6. The first-order valence-corrected chi connectivity index (χ1v) is 9.03. The van der Waals surface area contributed by atoms with Crippen molar-refractivity contribution in [2.75, 3.05) is 19.6 Å². The molecule has 0 saturated carbocycles. The highest BCUT2D eigenvalue weighted by Crippen LogP contribution is 2.26. The lowest BCUT2D eigenvalue weighted by Gasteiger charge is -2.10. The predicted octanol–water partition coefficient (Wildman–Crippen LogP) is 3.85. The quantitative estimate of drug-likeness (QED) is 0.533. The maximum absolute atomic E-state index is 12.8. The fraction of sp³-hybridized carbons (Fsp3) is 0.421. The average molecular weight is 428 g/mol. The van der Waals surface area contributed by atoms with Gasteiger partial charge in [-0.1, -0.05) is 6.92 Å². The van der Waals surface area contributed by atoms with Crippen LogP contribution in [0.3, 0.4) is 0 Å². The Morgan fingerprint density at radius 1 is 1.25 bits per heavy atom. The number of hydrogen-bond donors (Lipinski definition) is 2. The van der Waals surface area contributed by atoms with Crippen molar-refractivity contribution in [2.45, 2.75) is 33.2 Å². The largest absolute Gasteiger partial charge is 0.463 e. The molecule has 3 aromatic rings. The van der Waals surface area contributed by atoms with Gasteiger partial charge in [-0.2, -0.15) is 5.10 Å². The van der Waals surface area contributed by atoms with E-state index in [0.29, 0.717) is 29.2 Å². The molecule has 0 unspecified atom stereocenters. The van der Waals surface area contributed by atoms with E-state index in [2.05, 4.69) is 27.6 Å². The van der Waals surface area contributed by atoms with Gasteiger partial charge >= 0.3 is 0 Å². The minimum atomic E-state index is -0.133. The summed E-state index contributed by atoms with van der Waals surface area (Å²) in [6.07, 6.45) is 4.37. The van der Waals surface area contributed by atoms with Gasteiger partial charge in [0.15, 0.2) is 11.4 Å². The standard InChI is InChI=1S/C19H25N5O2.2ClH/c1-4-7-20-8-9-21-19(25)14-11-16(17-6-5-10-26-17)23-18-15(14)12-22-24(18)13(2)3;;/h5-6,10-13,20H,4,7-9H2,1-3H3,(H,21,25);2*1H. The molecule has 2 N–H and O–H groups in total. The summed E-state index contributed by atoms with van der Waals surface area (Å²) < 4.78 is 7.29. The molecule has 0 aliphatic rings. The molecule has 7 nitrogen and oxygen atoms in total. The Morgan fingerprint density at radius 2 is 2.04 bits per heavy atom. The zero-order valence-corrected chi connectivity index (χ0v) is 17.9. The molecular formula is C19H27Cl2N5O2. The van der Waals surface area contributed by atoms with Gasteiger partial charge in [0.05, 0.1) is 23.4 Å². The summed E-state index contributed by atoms with van der Waals surface area (Å²) in [5, 5.41) is 11.4. The summed E-state index contributed by atoms with van der Waals surface area (Å²) in [5.74, 6) is 0.494. The number of hydrogen-bond acceptors (Lipinski definition) is 5. The lowest BCUT2D eigenvalue weighted by Crippen LogP contribution is -2.32. The maximum Gasteiger partial charge on any atom is 0.252 e. The molecule has 0 bridgehead atoms. The van der Waals surface area contributed by atoms with Crippen LogP contribution in [0.2, 0.25) is 0 Å². The second-order valence-corrected chi connectivity index (χ2v) is 6.46. The van der Waals surface area contributed by atoms with Crippen LogP contribution < -0.4 is 10.6 Å². The van der Waals surface area contributed by atoms with Crippen LogP contribution in [0.25, 0.3) is 22.5 Å². The molecule has 0 aliphatic heterocycles. The Kier molecular flexibility index (Phi) is 9.45. The van der Waals surface area contributed by atoms with Crippen LogP contribution in [-0.4, -0.2) is 40.3 Å². The first-order valence-electron chi connectivity index (χ1n) is 9.03. The number of aromatic nitrogens is 3. The van der Waals surface area contributed by atoms with Gasteiger partial charge < -0.3 is 15.1 Å². The van der Waals surface area contributed by atoms with E-state index in [-0.39, 0.29) is 36.8 Å². The number of pyridine rings is 1. The third-order valence-electron chi connectivity index (χ3n) is 4.09. The zero-order valence-electron chi connectivity index (χ0n) is 16.3. The van der Waals surface area contributed by atoms with E-state index in [4.69, 9.17) is 4.42 Å². The summed E-state index contributed by atoms with van der Waals surface area (Å²) in [4.78, 5) is 17.4. The highest BCUT2D eigenvalue weighted by atomic mass is 35.5. The smallest absolute Gasteiger partial charge is 0.252 e. The molecule has 154 valence electrons. The summed E-state index contributed by atoms with van der Waals surface area (Å²) in [7, 11) is 0. The Morgan fingerprint density at radius 3 is 2.68 bits per heavy atom. The number of carbonyl (C=O) groups is 1. The third-order valence-corrected chi connectivity index (χ3v) is 4.09. The van der Waals surface area contributed by atoms with Crippen LogP contribution in [0.4, 0.5) is 0 Å². The number of fused-ring (bicyclic) bond motifs is 1. The molecule has 0 spiro atoms. The molecule has 0 radical (unpaired) electrons. The molecule has 9 heteroatoms. The van der Waals surface area contributed by atoms with Crippen LogP contribution in [0.5, 0.6) is 0 Å². The van der Waals surface area contributed by atoms with Gasteiger partial charge in [-0.05, 0) is 45.0 Å². The van der Waals surface area contributed by atoms with E-state index >= 15 is 0 Å². The number of amides is 1. The number of carbonyl (C=O) groups excluding carboxylic acids is 1. The first kappa shape index (κ1) is 23.9. The van der Waals surface area contributed by atoms with Crippen LogP contribution in [-0.2, 0) is 0 Å². The molecule has 0 saturated heterocycles. The Hall–Kier alpha value is -2.09. The van der Waals surface area contributed by atoms with Gasteiger partial charge in [0, 0.05) is 19.1 Å². The van der Waals surface area contributed by atoms with Crippen molar-refractivity contribution in [3.8, 4) is 11.5 Å².